The van der Waals surface area contributed by atoms with Crippen LogP contribution in [0, 0.1) is 6.92 Å². The summed E-state index contributed by atoms with van der Waals surface area (Å²) in [5, 5.41) is 5.17. The summed E-state index contributed by atoms with van der Waals surface area (Å²) in [4.78, 5) is 12.9. The van der Waals surface area contributed by atoms with Gasteiger partial charge >= 0.3 is 0 Å². The van der Waals surface area contributed by atoms with Crippen molar-refractivity contribution in [3.8, 4) is 5.75 Å². The number of thiazole rings is 1. The summed E-state index contributed by atoms with van der Waals surface area (Å²) in [5.74, 6) is 0.640. The van der Waals surface area contributed by atoms with E-state index in [0.29, 0.717) is 12.2 Å². The number of anilines is 1. The highest BCUT2D eigenvalue weighted by atomic mass is 79.9. The molecule has 0 unspecified atom stereocenters. The number of unbranched alkanes of at least 4 members (excludes halogenated alkanes) is 11. The van der Waals surface area contributed by atoms with Crippen LogP contribution in [0.1, 0.15) is 106 Å². The van der Waals surface area contributed by atoms with Gasteiger partial charge in [-0.3, -0.25) is 4.79 Å². The number of hydrogen-bond acceptors (Lipinski definition) is 3. The van der Waals surface area contributed by atoms with E-state index >= 15 is 0 Å². The van der Waals surface area contributed by atoms with Gasteiger partial charge in [-0.15, -0.1) is 0 Å². The number of hydrogen-bond donors (Lipinski definition) is 1. The number of aryl methyl sites for hydroxylation is 1. The number of ether oxygens (including phenoxy) is 1. The molecule has 208 valence electrons. The molecule has 0 fully saturated rings. The predicted octanol–water partition coefficient (Wildman–Crippen LogP) is 5.73. The molecule has 3 aromatic rings. The zero-order valence-electron chi connectivity index (χ0n) is 23.2. The van der Waals surface area contributed by atoms with Crippen LogP contribution in [0.4, 0.5) is 5.69 Å². The fourth-order valence-electron chi connectivity index (χ4n) is 4.52. The molecule has 1 N–H and O–H groups in total. The van der Waals surface area contributed by atoms with E-state index in [1.165, 1.54) is 76.3 Å². The Morgan fingerprint density at radius 3 is 2.18 bits per heavy atom. The smallest absolute Gasteiger partial charge is 0.255 e. The highest BCUT2D eigenvalue weighted by molar-refractivity contribution is 7.07. The summed E-state index contributed by atoms with van der Waals surface area (Å²) in [6, 6.07) is 15.5. The van der Waals surface area contributed by atoms with E-state index in [2.05, 4.69) is 40.7 Å². The Morgan fingerprint density at radius 2 is 1.53 bits per heavy atom. The van der Waals surface area contributed by atoms with Crippen molar-refractivity contribution in [1.82, 2.24) is 0 Å². The second-order valence-corrected chi connectivity index (χ2v) is 10.8. The van der Waals surface area contributed by atoms with E-state index in [1.54, 1.807) is 11.3 Å². The van der Waals surface area contributed by atoms with Crippen LogP contribution in [-0.2, 0) is 6.54 Å². The monoisotopic (exact) mass is 600 g/mol. The van der Waals surface area contributed by atoms with E-state index in [1.807, 2.05) is 42.5 Å². The standard InChI is InChI=1S/C32H44N2O2S.BrH/c1-3-4-5-6-7-8-9-10-11-12-13-14-21-36-31-20-16-18-29(23-31)32(35)33-30-19-15-17-28(22-30)24-34-26-37-25-27(34)2;/h15-20,22-23,25-26H,3-14,21,24H2,1-2H3;1H. The maximum atomic E-state index is 12.9. The minimum atomic E-state index is -0.118. The van der Waals surface area contributed by atoms with E-state index in [9.17, 15) is 4.79 Å². The normalized spacial score (nSPS) is 10.7. The first kappa shape index (κ1) is 32.0. The molecule has 0 radical (unpaired) electrons. The number of aromatic nitrogens is 1. The molecule has 2 aromatic carbocycles. The quantitative estimate of drug-likeness (QED) is 0.150. The first-order valence-electron chi connectivity index (χ1n) is 14.2. The molecule has 1 amide bonds. The van der Waals surface area contributed by atoms with Crippen molar-refractivity contribution in [2.24, 2.45) is 0 Å². The number of nitrogens with one attached hydrogen (secondary N) is 1. The number of benzene rings is 2. The second kappa shape index (κ2) is 19.0. The molecule has 38 heavy (non-hydrogen) atoms. The van der Waals surface area contributed by atoms with Gasteiger partial charge in [0.1, 0.15) is 5.75 Å². The summed E-state index contributed by atoms with van der Waals surface area (Å²) in [5.41, 5.74) is 5.92. The highest BCUT2D eigenvalue weighted by Crippen LogP contribution is 2.18. The topological polar surface area (TPSA) is 42.2 Å². The van der Waals surface area contributed by atoms with Gasteiger partial charge in [0.15, 0.2) is 12.2 Å². The molecule has 0 bridgehead atoms. The van der Waals surface area contributed by atoms with Crippen molar-refractivity contribution in [2.75, 3.05) is 11.9 Å². The number of rotatable bonds is 18. The molecule has 0 atom stereocenters. The van der Waals surface area contributed by atoms with Crippen LogP contribution < -0.4 is 31.6 Å². The number of amides is 1. The summed E-state index contributed by atoms with van der Waals surface area (Å²) >= 11 is 1.70. The summed E-state index contributed by atoms with van der Waals surface area (Å²) in [6.07, 6.45) is 16.0. The lowest BCUT2D eigenvalue weighted by Crippen LogP contribution is -3.00. The minimum Gasteiger partial charge on any atom is -1.00 e. The molecular weight excluding hydrogens is 556 g/mol. The molecule has 0 aliphatic carbocycles. The molecule has 6 heteroatoms. The van der Waals surface area contributed by atoms with E-state index in [4.69, 9.17) is 4.74 Å². The molecule has 0 spiro atoms. The maximum absolute atomic E-state index is 12.9. The molecule has 3 rings (SSSR count). The third-order valence-corrected chi connectivity index (χ3v) is 7.63. The SMILES string of the molecule is CCCCCCCCCCCCCCOc1cccc(C(=O)Nc2cccc(C[n+]3cscc3C)c2)c1.[Br-]. The van der Waals surface area contributed by atoms with Crippen LogP contribution in [0.2, 0.25) is 0 Å². The van der Waals surface area contributed by atoms with E-state index in [-0.39, 0.29) is 22.9 Å². The fraction of sp³-hybridized carbons (Fsp3) is 0.500. The Bertz CT molecular complexity index is 1070. The average molecular weight is 602 g/mol. The predicted molar refractivity (Wildman–Crippen MR) is 156 cm³/mol. The Kier molecular flexibility index (Phi) is 16.0. The third-order valence-electron chi connectivity index (χ3n) is 6.78. The first-order chi connectivity index (χ1) is 18.2. The molecule has 0 saturated carbocycles. The zero-order chi connectivity index (χ0) is 26.1. The lowest BCUT2D eigenvalue weighted by atomic mass is 10.1. The van der Waals surface area contributed by atoms with Crippen LogP contribution in [-0.4, -0.2) is 12.5 Å². The Morgan fingerprint density at radius 1 is 0.868 bits per heavy atom. The number of carbonyl (C=O) groups excluding carboxylic acids is 1. The second-order valence-electron chi connectivity index (χ2n) is 10.0. The van der Waals surface area contributed by atoms with Crippen molar-refractivity contribution in [3.05, 3.63) is 76.2 Å². The van der Waals surface area contributed by atoms with Crippen LogP contribution in [0.5, 0.6) is 5.75 Å². The van der Waals surface area contributed by atoms with Crippen LogP contribution in [0.25, 0.3) is 0 Å². The van der Waals surface area contributed by atoms with Gasteiger partial charge in [0.05, 0.1) is 12.0 Å². The van der Waals surface area contributed by atoms with E-state index < -0.39 is 0 Å². The number of carbonyl (C=O) groups is 1. The van der Waals surface area contributed by atoms with Gasteiger partial charge in [0.25, 0.3) is 5.91 Å². The molecule has 4 nitrogen and oxygen atoms in total. The molecule has 1 aromatic heterocycles. The van der Waals surface area contributed by atoms with Gasteiger partial charge < -0.3 is 27.0 Å². The van der Waals surface area contributed by atoms with Crippen LogP contribution in [0.3, 0.4) is 0 Å². The molecular formula is C32H45BrN2O2S. The lowest BCUT2D eigenvalue weighted by Gasteiger charge is -2.09. The van der Waals surface area contributed by atoms with Crippen molar-refractivity contribution in [3.63, 3.8) is 0 Å². The largest absolute Gasteiger partial charge is 1.00 e. The van der Waals surface area contributed by atoms with Crippen LogP contribution >= 0.6 is 11.3 Å². The molecule has 0 aliphatic heterocycles. The van der Waals surface area contributed by atoms with Gasteiger partial charge in [0.2, 0.25) is 5.51 Å². The summed E-state index contributed by atoms with van der Waals surface area (Å²) in [7, 11) is 0. The molecule has 1 heterocycles. The number of halogens is 1. The van der Waals surface area contributed by atoms with Crippen molar-refractivity contribution in [2.45, 2.75) is 97.4 Å². The third kappa shape index (κ3) is 12.1. The fourth-order valence-corrected chi connectivity index (χ4v) is 5.30. The van der Waals surface area contributed by atoms with Gasteiger partial charge in [-0.05, 0) is 36.8 Å². The first-order valence-corrected chi connectivity index (χ1v) is 15.2. The van der Waals surface area contributed by atoms with Crippen molar-refractivity contribution in [1.29, 1.82) is 0 Å². The van der Waals surface area contributed by atoms with Crippen LogP contribution in [0.15, 0.2) is 59.4 Å². The zero-order valence-corrected chi connectivity index (χ0v) is 25.6. The Labute approximate surface area is 244 Å². The minimum absolute atomic E-state index is 0. The highest BCUT2D eigenvalue weighted by Gasteiger charge is 2.11. The summed E-state index contributed by atoms with van der Waals surface area (Å²) in [6.45, 7) is 5.87. The molecule has 0 saturated heterocycles. The van der Waals surface area contributed by atoms with Gasteiger partial charge in [-0.25, -0.2) is 0 Å². The van der Waals surface area contributed by atoms with E-state index in [0.717, 1.165) is 30.0 Å². The molecule has 0 aliphatic rings. The van der Waals surface area contributed by atoms with Crippen molar-refractivity contribution < 1.29 is 31.1 Å². The summed E-state index contributed by atoms with van der Waals surface area (Å²) < 4.78 is 8.16. The Balaban J connectivity index is 0.00000507. The Hall–Kier alpha value is -2.18. The van der Waals surface area contributed by atoms with Gasteiger partial charge in [-0.2, -0.15) is 4.57 Å². The number of nitrogens with zero attached hydrogens (tertiary/aromatic N) is 1. The lowest BCUT2D eigenvalue weighted by molar-refractivity contribution is -0.689. The van der Waals surface area contributed by atoms with Gasteiger partial charge in [0, 0.05) is 23.7 Å². The maximum Gasteiger partial charge on any atom is 0.255 e. The van der Waals surface area contributed by atoms with Gasteiger partial charge in [-0.1, -0.05) is 107 Å². The average Bonchev–Trinajstić information content (AvgIpc) is 3.31. The van der Waals surface area contributed by atoms with Crippen molar-refractivity contribution >= 4 is 22.9 Å².